The van der Waals surface area contributed by atoms with Crippen LogP contribution in [0, 0.1) is 0 Å². The monoisotopic (exact) mass is 270 g/mol. The van der Waals surface area contributed by atoms with Gasteiger partial charge in [-0.15, -0.1) is 0 Å². The summed E-state index contributed by atoms with van der Waals surface area (Å²) in [4.78, 5) is 24.0. The molecule has 0 aliphatic rings. The van der Waals surface area contributed by atoms with Crippen LogP contribution >= 0.6 is 0 Å². The van der Waals surface area contributed by atoms with Crippen molar-refractivity contribution < 1.29 is 19.4 Å². The van der Waals surface area contributed by atoms with Crippen LogP contribution < -0.4 is 5.32 Å². The van der Waals surface area contributed by atoms with Gasteiger partial charge < -0.3 is 20.1 Å². The summed E-state index contributed by atoms with van der Waals surface area (Å²) in [7, 11) is 1.57. The predicted octanol–water partition coefficient (Wildman–Crippen LogP) is 0.468. The van der Waals surface area contributed by atoms with Crippen LogP contribution in [-0.2, 0) is 16.1 Å². The van der Waals surface area contributed by atoms with Crippen molar-refractivity contribution in [2.24, 2.45) is 0 Å². The maximum Gasteiger partial charge on any atom is 0.325 e. The first-order chi connectivity index (χ1) is 9.06. The second-order valence-electron chi connectivity index (χ2n) is 3.82. The normalized spacial score (nSPS) is 10.2. The molecule has 0 aliphatic carbocycles. The molecule has 1 rings (SSSR count). The first kappa shape index (κ1) is 15.0. The average Bonchev–Trinajstić information content (AvgIpc) is 2.76. The molecule has 0 saturated carbocycles. The lowest BCUT2D eigenvalue weighted by Gasteiger charge is -2.20. The van der Waals surface area contributed by atoms with Gasteiger partial charge in [0, 0.05) is 26.4 Å². The Morgan fingerprint density at radius 2 is 2.32 bits per heavy atom. The molecule has 0 radical (unpaired) electrons. The number of carbonyl (C=O) groups is 2. The van der Waals surface area contributed by atoms with E-state index in [0.29, 0.717) is 25.4 Å². The molecule has 1 aromatic heterocycles. The lowest BCUT2D eigenvalue weighted by Crippen LogP contribution is -2.37. The number of nitrogens with one attached hydrogen (secondary N) is 1. The SMILES string of the molecule is CCN(CCOC)C(=O)Nc1cnn(CC(=O)O)c1. The van der Waals surface area contributed by atoms with Crippen molar-refractivity contribution in [2.45, 2.75) is 13.5 Å². The standard InChI is InChI=1S/C11H18N4O4/c1-3-14(4-5-19-2)11(18)13-9-6-12-15(7-9)8-10(16)17/h6-7H,3-5,8H2,1-2H3,(H,13,18)(H,16,17). The minimum atomic E-state index is -0.990. The zero-order chi connectivity index (χ0) is 14.3. The Bertz CT molecular complexity index is 432. The van der Waals surface area contributed by atoms with E-state index in [-0.39, 0.29) is 12.6 Å². The summed E-state index contributed by atoms with van der Waals surface area (Å²) in [6.45, 7) is 3.13. The molecule has 19 heavy (non-hydrogen) atoms. The third-order valence-corrected chi connectivity index (χ3v) is 2.42. The third kappa shape index (κ3) is 4.96. The van der Waals surface area contributed by atoms with Gasteiger partial charge in [-0.1, -0.05) is 0 Å². The number of aliphatic carboxylic acids is 1. The number of hydrogen-bond donors (Lipinski definition) is 2. The van der Waals surface area contributed by atoms with Crippen molar-refractivity contribution in [3.05, 3.63) is 12.4 Å². The summed E-state index contributed by atoms with van der Waals surface area (Å²) in [6, 6.07) is -0.269. The zero-order valence-corrected chi connectivity index (χ0v) is 11.0. The molecule has 8 heteroatoms. The maximum atomic E-state index is 11.9. The highest BCUT2D eigenvalue weighted by atomic mass is 16.5. The highest BCUT2D eigenvalue weighted by Crippen LogP contribution is 2.06. The van der Waals surface area contributed by atoms with Gasteiger partial charge in [-0.3, -0.25) is 9.48 Å². The smallest absolute Gasteiger partial charge is 0.325 e. The Morgan fingerprint density at radius 3 is 2.89 bits per heavy atom. The highest BCUT2D eigenvalue weighted by molar-refractivity contribution is 5.89. The molecule has 0 saturated heterocycles. The lowest BCUT2D eigenvalue weighted by molar-refractivity contribution is -0.137. The van der Waals surface area contributed by atoms with Crippen molar-refractivity contribution >= 4 is 17.7 Å². The van der Waals surface area contributed by atoms with Crippen LogP contribution in [0.2, 0.25) is 0 Å². The second-order valence-corrected chi connectivity index (χ2v) is 3.82. The molecule has 106 valence electrons. The van der Waals surface area contributed by atoms with Gasteiger partial charge in [-0.05, 0) is 6.92 Å². The molecule has 1 aromatic rings. The van der Waals surface area contributed by atoms with Crippen LogP contribution in [0.1, 0.15) is 6.92 Å². The van der Waals surface area contributed by atoms with Gasteiger partial charge >= 0.3 is 12.0 Å². The van der Waals surface area contributed by atoms with Crippen LogP contribution in [0.5, 0.6) is 0 Å². The van der Waals surface area contributed by atoms with E-state index >= 15 is 0 Å². The number of hydrogen-bond acceptors (Lipinski definition) is 4. The van der Waals surface area contributed by atoms with Gasteiger partial charge in [0.15, 0.2) is 0 Å². The zero-order valence-electron chi connectivity index (χ0n) is 11.0. The molecule has 0 atom stereocenters. The molecule has 0 spiro atoms. The quantitative estimate of drug-likeness (QED) is 0.750. The Hall–Kier alpha value is -2.09. The summed E-state index contributed by atoms with van der Waals surface area (Å²) in [6.07, 6.45) is 2.88. The summed E-state index contributed by atoms with van der Waals surface area (Å²) in [5.74, 6) is -0.990. The first-order valence-corrected chi connectivity index (χ1v) is 5.86. The second kappa shape index (κ2) is 7.37. The molecule has 0 bridgehead atoms. The summed E-state index contributed by atoms with van der Waals surface area (Å²) >= 11 is 0. The van der Waals surface area contributed by atoms with Crippen LogP contribution in [-0.4, -0.2) is 58.6 Å². The van der Waals surface area contributed by atoms with Crippen molar-refractivity contribution in [3.63, 3.8) is 0 Å². The summed E-state index contributed by atoms with van der Waals surface area (Å²) in [5, 5.41) is 15.1. The van der Waals surface area contributed by atoms with Gasteiger partial charge in [0.05, 0.1) is 18.5 Å². The molecule has 8 nitrogen and oxygen atoms in total. The number of aromatic nitrogens is 2. The van der Waals surface area contributed by atoms with Crippen LogP contribution in [0.15, 0.2) is 12.4 Å². The van der Waals surface area contributed by atoms with E-state index in [2.05, 4.69) is 10.4 Å². The van der Waals surface area contributed by atoms with Crippen LogP contribution in [0.3, 0.4) is 0 Å². The van der Waals surface area contributed by atoms with Gasteiger partial charge in [-0.25, -0.2) is 4.79 Å². The van der Waals surface area contributed by atoms with Crippen LogP contribution in [0.25, 0.3) is 0 Å². The molecule has 2 amide bonds. The predicted molar refractivity (Wildman–Crippen MR) is 68.0 cm³/mol. The number of ether oxygens (including phenoxy) is 1. The molecule has 2 N–H and O–H groups in total. The minimum Gasteiger partial charge on any atom is -0.480 e. The maximum absolute atomic E-state index is 11.9. The van der Waals surface area contributed by atoms with E-state index in [1.807, 2.05) is 6.92 Å². The Morgan fingerprint density at radius 1 is 1.58 bits per heavy atom. The van der Waals surface area contributed by atoms with Gasteiger partial charge in [-0.2, -0.15) is 5.10 Å². The number of methoxy groups -OCH3 is 1. The van der Waals surface area contributed by atoms with E-state index in [4.69, 9.17) is 9.84 Å². The molecule has 0 fully saturated rings. The fourth-order valence-electron chi connectivity index (χ4n) is 1.46. The molecule has 0 aromatic carbocycles. The number of anilines is 1. The van der Waals surface area contributed by atoms with Gasteiger partial charge in [0.1, 0.15) is 6.54 Å². The minimum absolute atomic E-state index is 0.239. The number of likely N-dealkylation sites (N-methyl/N-ethyl adjacent to an activating group) is 1. The number of carboxylic acid groups (broad SMARTS) is 1. The van der Waals surface area contributed by atoms with E-state index in [1.54, 1.807) is 12.0 Å². The Balaban J connectivity index is 2.55. The summed E-state index contributed by atoms with van der Waals surface area (Å²) in [5.41, 5.74) is 0.460. The van der Waals surface area contributed by atoms with E-state index in [9.17, 15) is 9.59 Å². The number of carbonyl (C=O) groups excluding carboxylic acids is 1. The molecule has 0 unspecified atom stereocenters. The Kier molecular flexibility index (Phi) is 5.80. The molecule has 0 aliphatic heterocycles. The number of amides is 2. The third-order valence-electron chi connectivity index (χ3n) is 2.42. The lowest BCUT2D eigenvalue weighted by atomic mass is 10.5. The van der Waals surface area contributed by atoms with Crippen molar-refractivity contribution in [1.82, 2.24) is 14.7 Å². The fourth-order valence-corrected chi connectivity index (χ4v) is 1.46. The first-order valence-electron chi connectivity index (χ1n) is 5.86. The fraction of sp³-hybridized carbons (Fsp3) is 0.545. The molecule has 1 heterocycles. The number of carboxylic acids is 1. The van der Waals surface area contributed by atoms with E-state index in [0.717, 1.165) is 0 Å². The summed E-state index contributed by atoms with van der Waals surface area (Å²) < 4.78 is 6.16. The van der Waals surface area contributed by atoms with E-state index in [1.165, 1.54) is 17.1 Å². The van der Waals surface area contributed by atoms with Crippen LogP contribution in [0.4, 0.5) is 10.5 Å². The topological polar surface area (TPSA) is 96.7 Å². The highest BCUT2D eigenvalue weighted by Gasteiger charge is 2.12. The number of urea groups is 1. The van der Waals surface area contributed by atoms with Crippen molar-refractivity contribution in [2.75, 3.05) is 32.1 Å². The van der Waals surface area contributed by atoms with Gasteiger partial charge in [0.25, 0.3) is 0 Å². The number of rotatable bonds is 7. The Labute approximate surface area is 110 Å². The number of nitrogens with zero attached hydrogens (tertiary/aromatic N) is 3. The van der Waals surface area contributed by atoms with Crippen molar-refractivity contribution in [3.8, 4) is 0 Å². The van der Waals surface area contributed by atoms with Crippen molar-refractivity contribution in [1.29, 1.82) is 0 Å². The molecular formula is C11H18N4O4. The van der Waals surface area contributed by atoms with E-state index < -0.39 is 5.97 Å². The van der Waals surface area contributed by atoms with Gasteiger partial charge in [0.2, 0.25) is 0 Å². The average molecular weight is 270 g/mol. The largest absolute Gasteiger partial charge is 0.480 e. The molecular weight excluding hydrogens is 252 g/mol.